The standard InChI is InChI=1S/C10H17AsN2O2/c14-9(7-3-1-5-12-7)11-10(15)8-4-2-6-13-8/h7-8,11-13H,1-6H2/t7-,8-/m1/s1. The van der Waals surface area contributed by atoms with Gasteiger partial charge in [-0.05, 0) is 0 Å². The first-order valence-electron chi connectivity index (χ1n) is 5.59. The van der Waals surface area contributed by atoms with Crippen molar-refractivity contribution in [2.24, 2.45) is 0 Å². The molecule has 0 aromatic heterocycles. The van der Waals surface area contributed by atoms with E-state index in [2.05, 4.69) is 10.6 Å². The van der Waals surface area contributed by atoms with E-state index < -0.39 is 15.8 Å². The predicted octanol–water partition coefficient (Wildman–Crippen LogP) is -1.02. The molecule has 2 aliphatic heterocycles. The Labute approximate surface area is 96.2 Å². The molecule has 0 aromatic carbocycles. The number of carbonyl (C=O) groups excluding carboxylic acids is 2. The summed E-state index contributed by atoms with van der Waals surface area (Å²) in [7, 11) is 0. The third kappa shape index (κ3) is 2.90. The first-order valence-corrected chi connectivity index (χ1v) is 7.68. The monoisotopic (exact) mass is 272 g/mol. The van der Waals surface area contributed by atoms with Gasteiger partial charge in [0.1, 0.15) is 0 Å². The van der Waals surface area contributed by atoms with Gasteiger partial charge in [0.15, 0.2) is 0 Å². The van der Waals surface area contributed by atoms with Gasteiger partial charge in [0.2, 0.25) is 0 Å². The van der Waals surface area contributed by atoms with E-state index in [0.29, 0.717) is 0 Å². The van der Waals surface area contributed by atoms with Gasteiger partial charge in [-0.1, -0.05) is 0 Å². The van der Waals surface area contributed by atoms with E-state index in [0.717, 1.165) is 38.8 Å². The fourth-order valence-corrected chi connectivity index (χ4v) is 4.39. The van der Waals surface area contributed by atoms with E-state index in [1.54, 1.807) is 0 Å². The molecule has 84 valence electrons. The molecule has 0 amide bonds. The van der Waals surface area contributed by atoms with Crippen LogP contribution in [0.5, 0.6) is 0 Å². The summed E-state index contributed by atoms with van der Waals surface area (Å²) in [5.74, 6) is 0. The molecule has 2 rings (SSSR count). The van der Waals surface area contributed by atoms with Crippen LogP contribution in [0.2, 0.25) is 0 Å². The molecule has 2 aliphatic rings. The van der Waals surface area contributed by atoms with E-state index in [4.69, 9.17) is 0 Å². The Morgan fingerprint density at radius 1 is 0.933 bits per heavy atom. The molecule has 15 heavy (non-hydrogen) atoms. The van der Waals surface area contributed by atoms with Crippen LogP contribution in [0.25, 0.3) is 0 Å². The fourth-order valence-electron chi connectivity index (χ4n) is 2.11. The maximum atomic E-state index is 11.8. The Morgan fingerprint density at radius 2 is 1.40 bits per heavy atom. The third-order valence-electron chi connectivity index (χ3n) is 3.00. The van der Waals surface area contributed by atoms with Crippen LogP contribution in [0.3, 0.4) is 0 Å². The van der Waals surface area contributed by atoms with E-state index >= 15 is 0 Å². The predicted molar refractivity (Wildman–Crippen MR) is 59.2 cm³/mol. The zero-order valence-electron chi connectivity index (χ0n) is 8.71. The van der Waals surface area contributed by atoms with Crippen LogP contribution < -0.4 is 10.6 Å². The van der Waals surface area contributed by atoms with Crippen molar-refractivity contribution < 1.29 is 9.59 Å². The Balaban J connectivity index is 1.79. The second kappa shape index (κ2) is 5.24. The van der Waals surface area contributed by atoms with E-state index in [-0.39, 0.29) is 21.2 Å². The summed E-state index contributed by atoms with van der Waals surface area (Å²) in [4.78, 5) is 23.5. The topological polar surface area (TPSA) is 58.2 Å². The van der Waals surface area contributed by atoms with Crippen molar-refractivity contribution in [1.29, 1.82) is 0 Å². The van der Waals surface area contributed by atoms with Crippen LogP contribution in [0.4, 0.5) is 0 Å². The average Bonchev–Trinajstić information content (AvgIpc) is 2.91. The molecule has 2 atom stereocenters. The number of nitrogens with one attached hydrogen (secondary N) is 2. The Morgan fingerprint density at radius 3 is 1.73 bits per heavy atom. The molecule has 0 spiro atoms. The van der Waals surface area contributed by atoms with Crippen molar-refractivity contribution in [3.63, 3.8) is 0 Å². The first-order chi connectivity index (χ1) is 7.27. The fraction of sp³-hybridized carbons (Fsp3) is 0.800. The quantitative estimate of drug-likeness (QED) is 0.643. The summed E-state index contributed by atoms with van der Waals surface area (Å²) in [6.07, 6.45) is 3.98. The van der Waals surface area contributed by atoms with Gasteiger partial charge >= 0.3 is 96.0 Å². The van der Waals surface area contributed by atoms with Crippen LogP contribution in [-0.4, -0.2) is 50.1 Å². The minimum absolute atomic E-state index is 0.00430. The van der Waals surface area contributed by atoms with Crippen LogP contribution in [0.1, 0.15) is 25.7 Å². The van der Waals surface area contributed by atoms with Crippen molar-refractivity contribution in [3.8, 4) is 0 Å². The molecular weight excluding hydrogens is 255 g/mol. The van der Waals surface area contributed by atoms with Gasteiger partial charge in [-0.15, -0.1) is 0 Å². The number of rotatable bonds is 4. The second-order valence-electron chi connectivity index (χ2n) is 4.15. The molecular formula is C10H17AsN2O2. The van der Waals surface area contributed by atoms with Gasteiger partial charge in [0.25, 0.3) is 0 Å². The maximum absolute atomic E-state index is 11.8. The third-order valence-corrected chi connectivity index (χ3v) is 5.50. The molecule has 0 bridgehead atoms. The molecule has 2 saturated heterocycles. The Hall–Kier alpha value is -0.182. The molecule has 0 aromatic rings. The van der Waals surface area contributed by atoms with Crippen LogP contribution in [0, 0.1) is 0 Å². The zero-order valence-corrected chi connectivity index (χ0v) is 10.8. The SMILES string of the molecule is O=C([AsH]C(=O)[C@H]1CCCN1)[C@H]1CCCN1. The van der Waals surface area contributed by atoms with Gasteiger partial charge in [0.05, 0.1) is 0 Å². The van der Waals surface area contributed by atoms with Crippen molar-refractivity contribution in [2.45, 2.75) is 37.8 Å². The molecule has 2 N–H and O–H groups in total. The number of hydrogen-bond donors (Lipinski definition) is 2. The Kier molecular flexibility index (Phi) is 3.95. The van der Waals surface area contributed by atoms with Gasteiger partial charge in [-0.2, -0.15) is 0 Å². The summed E-state index contributed by atoms with van der Waals surface area (Å²) >= 11 is -1.07. The van der Waals surface area contributed by atoms with Gasteiger partial charge in [-0.25, -0.2) is 0 Å². The van der Waals surface area contributed by atoms with Crippen molar-refractivity contribution in [1.82, 2.24) is 10.6 Å². The molecule has 2 fully saturated rings. The second-order valence-corrected chi connectivity index (χ2v) is 6.74. The summed E-state index contributed by atoms with van der Waals surface area (Å²) in [5.41, 5.74) is 0. The zero-order chi connectivity index (χ0) is 10.7. The summed E-state index contributed by atoms with van der Waals surface area (Å²) < 4.78 is 0.400. The summed E-state index contributed by atoms with van der Waals surface area (Å²) in [6.45, 7) is 1.86. The average molecular weight is 272 g/mol. The van der Waals surface area contributed by atoms with Gasteiger partial charge in [0, 0.05) is 0 Å². The van der Waals surface area contributed by atoms with Crippen molar-refractivity contribution in [2.75, 3.05) is 13.1 Å². The Bertz CT molecular complexity index is 232. The van der Waals surface area contributed by atoms with Gasteiger partial charge in [-0.3, -0.25) is 0 Å². The van der Waals surface area contributed by atoms with Crippen molar-refractivity contribution in [3.05, 3.63) is 0 Å². The molecule has 0 unspecified atom stereocenters. The minimum atomic E-state index is -1.07. The van der Waals surface area contributed by atoms with E-state index in [1.165, 1.54) is 0 Å². The van der Waals surface area contributed by atoms with Crippen LogP contribution in [0.15, 0.2) is 0 Å². The summed E-state index contributed by atoms with van der Waals surface area (Å²) in [6, 6.07) is -0.00861. The number of carbonyl (C=O) groups is 2. The number of hydrogen-bond acceptors (Lipinski definition) is 4. The molecule has 0 aliphatic carbocycles. The van der Waals surface area contributed by atoms with Crippen LogP contribution in [-0.2, 0) is 9.59 Å². The molecule has 2 heterocycles. The van der Waals surface area contributed by atoms with Crippen LogP contribution >= 0.6 is 0 Å². The van der Waals surface area contributed by atoms with E-state index in [9.17, 15) is 9.59 Å². The first kappa shape index (κ1) is 11.3. The molecule has 0 saturated carbocycles. The van der Waals surface area contributed by atoms with Gasteiger partial charge < -0.3 is 0 Å². The molecule has 5 heteroatoms. The van der Waals surface area contributed by atoms with Crippen molar-refractivity contribution >= 4 is 24.9 Å². The summed E-state index contributed by atoms with van der Waals surface area (Å²) in [5, 5.41) is 6.32. The molecule has 0 radical (unpaired) electrons. The van der Waals surface area contributed by atoms with E-state index in [1.807, 2.05) is 0 Å². The molecule has 4 nitrogen and oxygen atoms in total. The normalized spacial score (nSPS) is 30.7.